The highest BCUT2D eigenvalue weighted by Crippen LogP contribution is 2.17. The molecule has 0 atom stereocenters. The van der Waals surface area contributed by atoms with Crippen molar-refractivity contribution in [1.29, 1.82) is 0 Å². The van der Waals surface area contributed by atoms with E-state index < -0.39 is 0 Å². The third kappa shape index (κ3) is 2.07. The van der Waals surface area contributed by atoms with Crippen LogP contribution in [0.5, 0.6) is 0 Å². The van der Waals surface area contributed by atoms with E-state index in [9.17, 15) is 5.11 Å². The summed E-state index contributed by atoms with van der Waals surface area (Å²) in [5, 5.41) is 9.36. The fraction of sp³-hybridized carbons (Fsp3) is 0.500. The maximum absolute atomic E-state index is 9.36. The van der Waals surface area contributed by atoms with Crippen LogP contribution < -0.4 is 10.5 Å². The molecule has 1 fully saturated rings. The number of pyridine rings is 1. The second-order valence-corrected chi connectivity index (χ2v) is 3.66. The fourth-order valence-electron chi connectivity index (χ4n) is 1.76. The molecule has 2 rings (SSSR count). The molecule has 3 nitrogen and oxygen atoms in total. The second kappa shape index (κ2) is 4.01. The van der Waals surface area contributed by atoms with Gasteiger partial charge in [-0.15, -0.1) is 0 Å². The van der Waals surface area contributed by atoms with Crippen molar-refractivity contribution < 1.29 is 5.11 Å². The highest BCUT2D eigenvalue weighted by molar-refractivity contribution is 6.30. The zero-order chi connectivity index (χ0) is 9.97. The molecule has 1 saturated heterocycles. The Balaban J connectivity index is 2.08. The van der Waals surface area contributed by atoms with E-state index in [4.69, 9.17) is 7.85 Å². The average molecular weight is 188 g/mol. The molecular weight excluding hydrogens is 175 g/mol. The van der Waals surface area contributed by atoms with Crippen LogP contribution in [-0.4, -0.2) is 37.1 Å². The second-order valence-electron chi connectivity index (χ2n) is 3.66. The van der Waals surface area contributed by atoms with Crippen molar-refractivity contribution in [2.45, 2.75) is 18.9 Å². The van der Waals surface area contributed by atoms with Gasteiger partial charge in [-0.2, -0.15) is 0 Å². The molecule has 0 amide bonds. The summed E-state index contributed by atoms with van der Waals surface area (Å²) < 4.78 is 0. The van der Waals surface area contributed by atoms with Gasteiger partial charge in [0.05, 0.1) is 6.10 Å². The smallest absolute Gasteiger partial charge is 0.141 e. The van der Waals surface area contributed by atoms with Gasteiger partial charge in [0, 0.05) is 25.0 Å². The Hall–Kier alpha value is -1.03. The summed E-state index contributed by atoms with van der Waals surface area (Å²) in [6.45, 7) is 1.79. The minimum atomic E-state index is -0.134. The highest BCUT2D eigenvalue weighted by Gasteiger charge is 2.16. The van der Waals surface area contributed by atoms with Gasteiger partial charge in [-0.05, 0) is 30.6 Å². The topological polar surface area (TPSA) is 36.4 Å². The molecule has 0 spiro atoms. The van der Waals surface area contributed by atoms with E-state index >= 15 is 0 Å². The first-order chi connectivity index (χ1) is 6.75. The summed E-state index contributed by atoms with van der Waals surface area (Å²) in [5.41, 5.74) is 1.65. The lowest BCUT2D eigenvalue weighted by atomic mass is 10.0. The van der Waals surface area contributed by atoms with Crippen molar-refractivity contribution in [2.24, 2.45) is 0 Å². The normalized spacial score (nSPS) is 18.5. The van der Waals surface area contributed by atoms with E-state index in [0.717, 1.165) is 31.6 Å². The Morgan fingerprint density at radius 2 is 2.14 bits per heavy atom. The van der Waals surface area contributed by atoms with Crippen molar-refractivity contribution in [3.8, 4) is 0 Å². The molecule has 2 radical (unpaired) electrons. The van der Waals surface area contributed by atoms with E-state index in [1.54, 1.807) is 6.20 Å². The number of aliphatic hydroxyl groups excluding tert-OH is 1. The maximum atomic E-state index is 9.36. The molecule has 1 aliphatic rings. The summed E-state index contributed by atoms with van der Waals surface area (Å²) in [6, 6.07) is 3.83. The van der Waals surface area contributed by atoms with E-state index in [1.165, 1.54) is 0 Å². The van der Waals surface area contributed by atoms with Crippen LogP contribution in [0.2, 0.25) is 0 Å². The zero-order valence-corrected chi connectivity index (χ0v) is 8.06. The first-order valence-corrected chi connectivity index (χ1v) is 4.90. The van der Waals surface area contributed by atoms with Gasteiger partial charge in [0.1, 0.15) is 7.85 Å². The molecule has 1 aromatic rings. The summed E-state index contributed by atoms with van der Waals surface area (Å²) in [6.07, 6.45) is 3.26. The van der Waals surface area contributed by atoms with Crippen LogP contribution in [-0.2, 0) is 0 Å². The van der Waals surface area contributed by atoms with Crippen molar-refractivity contribution in [3.63, 3.8) is 0 Å². The predicted octanol–water partition coefficient (Wildman–Crippen LogP) is -0.164. The summed E-state index contributed by atoms with van der Waals surface area (Å²) in [4.78, 5) is 6.18. The minimum absolute atomic E-state index is 0.134. The molecule has 0 aromatic carbocycles. The summed E-state index contributed by atoms with van der Waals surface area (Å²) >= 11 is 0. The standard InChI is InChI=1S/C10H13BN2O/c11-10-7-8(1-4-12-10)13-5-2-9(14)3-6-13/h1,4,7,9,14H,2-3,5-6H2. The van der Waals surface area contributed by atoms with E-state index in [-0.39, 0.29) is 6.10 Å². The van der Waals surface area contributed by atoms with Gasteiger partial charge < -0.3 is 10.0 Å². The lowest BCUT2D eigenvalue weighted by Crippen LogP contribution is -2.36. The molecule has 14 heavy (non-hydrogen) atoms. The highest BCUT2D eigenvalue weighted by atomic mass is 16.3. The van der Waals surface area contributed by atoms with Crippen LogP contribution in [0, 0.1) is 0 Å². The number of anilines is 1. The Kier molecular flexibility index (Phi) is 2.73. The zero-order valence-electron chi connectivity index (χ0n) is 8.06. The number of rotatable bonds is 1. The number of piperidine rings is 1. The van der Waals surface area contributed by atoms with E-state index in [1.807, 2.05) is 12.1 Å². The van der Waals surface area contributed by atoms with Gasteiger partial charge in [-0.25, -0.2) is 0 Å². The first kappa shape index (κ1) is 9.53. The molecule has 1 N–H and O–H groups in total. The molecule has 2 heterocycles. The van der Waals surface area contributed by atoms with E-state index in [2.05, 4.69) is 9.88 Å². The first-order valence-electron chi connectivity index (χ1n) is 4.90. The molecule has 0 unspecified atom stereocenters. The number of aliphatic hydroxyl groups is 1. The summed E-state index contributed by atoms with van der Waals surface area (Å²) in [5.74, 6) is 0. The maximum Gasteiger partial charge on any atom is 0.141 e. The van der Waals surface area contributed by atoms with Gasteiger partial charge in [0.25, 0.3) is 0 Å². The van der Waals surface area contributed by atoms with Crippen LogP contribution >= 0.6 is 0 Å². The lowest BCUT2D eigenvalue weighted by molar-refractivity contribution is 0.145. The van der Waals surface area contributed by atoms with Crippen LogP contribution in [0.1, 0.15) is 12.8 Å². The third-order valence-corrected chi connectivity index (χ3v) is 2.59. The van der Waals surface area contributed by atoms with Gasteiger partial charge in [-0.3, -0.25) is 4.98 Å². The lowest BCUT2D eigenvalue weighted by Gasteiger charge is -2.31. The molecular formula is C10H13BN2O. The van der Waals surface area contributed by atoms with Crippen molar-refractivity contribution in [3.05, 3.63) is 18.3 Å². The van der Waals surface area contributed by atoms with Crippen LogP contribution in [0.3, 0.4) is 0 Å². The predicted molar refractivity (Wildman–Crippen MR) is 57.1 cm³/mol. The largest absolute Gasteiger partial charge is 0.393 e. The van der Waals surface area contributed by atoms with Gasteiger partial charge in [-0.1, -0.05) is 0 Å². The number of hydrogen-bond acceptors (Lipinski definition) is 3. The molecule has 1 aromatic heterocycles. The Bertz CT molecular complexity index is 311. The Morgan fingerprint density at radius 1 is 1.43 bits per heavy atom. The molecule has 0 aliphatic carbocycles. The van der Waals surface area contributed by atoms with E-state index in [0.29, 0.717) is 5.59 Å². The third-order valence-electron chi connectivity index (χ3n) is 2.59. The van der Waals surface area contributed by atoms with Crippen molar-refractivity contribution >= 4 is 19.1 Å². The van der Waals surface area contributed by atoms with Gasteiger partial charge >= 0.3 is 0 Å². The molecule has 0 saturated carbocycles. The molecule has 1 aliphatic heterocycles. The molecule has 4 heteroatoms. The van der Waals surface area contributed by atoms with Crippen LogP contribution in [0.15, 0.2) is 18.3 Å². The Morgan fingerprint density at radius 3 is 2.79 bits per heavy atom. The monoisotopic (exact) mass is 188 g/mol. The summed E-state index contributed by atoms with van der Waals surface area (Å²) in [7, 11) is 5.61. The van der Waals surface area contributed by atoms with Crippen molar-refractivity contribution in [2.75, 3.05) is 18.0 Å². The fourth-order valence-corrected chi connectivity index (χ4v) is 1.76. The van der Waals surface area contributed by atoms with Crippen LogP contribution in [0.4, 0.5) is 5.69 Å². The SMILES string of the molecule is [B]c1cc(N2CCC(O)CC2)ccn1. The minimum Gasteiger partial charge on any atom is -0.393 e. The average Bonchev–Trinajstić information content (AvgIpc) is 2.19. The quantitative estimate of drug-likeness (QED) is 0.622. The molecule has 72 valence electrons. The van der Waals surface area contributed by atoms with Gasteiger partial charge in [0.2, 0.25) is 0 Å². The number of nitrogens with zero attached hydrogens (tertiary/aromatic N) is 2. The van der Waals surface area contributed by atoms with Crippen LogP contribution in [0.25, 0.3) is 0 Å². The van der Waals surface area contributed by atoms with Crippen molar-refractivity contribution in [1.82, 2.24) is 4.98 Å². The van der Waals surface area contributed by atoms with Gasteiger partial charge in [0.15, 0.2) is 0 Å². The number of aromatic nitrogens is 1. The Labute approximate surface area is 85.2 Å². The number of hydrogen-bond donors (Lipinski definition) is 1. The molecule has 0 bridgehead atoms.